The second kappa shape index (κ2) is 6.52. The van der Waals surface area contributed by atoms with E-state index < -0.39 is 0 Å². The Bertz CT molecular complexity index is 461. The van der Waals surface area contributed by atoms with E-state index >= 15 is 0 Å². The van der Waals surface area contributed by atoms with Crippen LogP contribution < -0.4 is 5.32 Å². The lowest BCUT2D eigenvalue weighted by molar-refractivity contribution is 0.299. The van der Waals surface area contributed by atoms with Gasteiger partial charge in [0.2, 0.25) is 0 Å². The molecule has 1 heteroatoms. The Morgan fingerprint density at radius 1 is 1.24 bits per heavy atom. The third kappa shape index (κ3) is 3.69. The molecule has 2 aliphatic carbocycles. The molecule has 1 nitrogen and oxygen atoms in total. The fourth-order valence-corrected chi connectivity index (χ4v) is 4.02. The van der Waals surface area contributed by atoms with Gasteiger partial charge in [0.05, 0.1) is 0 Å². The largest absolute Gasteiger partial charge is 0.313 e. The first-order chi connectivity index (χ1) is 10.2. The molecule has 0 amide bonds. The zero-order chi connectivity index (χ0) is 14.7. The van der Waals surface area contributed by atoms with Crippen LogP contribution in [0.2, 0.25) is 0 Å². The van der Waals surface area contributed by atoms with Gasteiger partial charge in [-0.05, 0) is 55.6 Å². The van der Waals surface area contributed by atoms with Crippen LogP contribution in [0.1, 0.15) is 69.9 Å². The van der Waals surface area contributed by atoms with Gasteiger partial charge in [-0.15, -0.1) is 0 Å². The molecule has 0 heterocycles. The van der Waals surface area contributed by atoms with Crippen molar-refractivity contribution in [2.24, 2.45) is 5.92 Å². The summed E-state index contributed by atoms with van der Waals surface area (Å²) < 4.78 is 0. The molecule has 1 aromatic rings. The van der Waals surface area contributed by atoms with Gasteiger partial charge in [-0.2, -0.15) is 0 Å². The number of fused-ring (bicyclic) bond motifs is 1. The summed E-state index contributed by atoms with van der Waals surface area (Å²) in [4.78, 5) is 0. The first-order valence-electron chi connectivity index (χ1n) is 9.01. The van der Waals surface area contributed by atoms with Gasteiger partial charge in [0.15, 0.2) is 0 Å². The lowest BCUT2D eigenvalue weighted by atomic mass is 9.67. The van der Waals surface area contributed by atoms with Crippen LogP contribution in [-0.4, -0.2) is 12.6 Å². The summed E-state index contributed by atoms with van der Waals surface area (Å²) in [5.41, 5.74) is 3.69. The van der Waals surface area contributed by atoms with Gasteiger partial charge < -0.3 is 5.32 Å². The molecular weight excluding hydrogens is 254 g/mol. The first-order valence-corrected chi connectivity index (χ1v) is 9.01. The highest BCUT2D eigenvalue weighted by atomic mass is 15.0. The number of aryl methyl sites for hydroxylation is 1. The zero-order valence-corrected chi connectivity index (χ0v) is 13.8. The van der Waals surface area contributed by atoms with Gasteiger partial charge in [-0.1, -0.05) is 51.0 Å². The molecule has 0 spiro atoms. The maximum atomic E-state index is 3.85. The Balaban J connectivity index is 1.77. The summed E-state index contributed by atoms with van der Waals surface area (Å²) in [5.74, 6) is 0.831. The summed E-state index contributed by atoms with van der Waals surface area (Å²) in [5, 5.41) is 3.85. The van der Waals surface area contributed by atoms with Crippen LogP contribution in [0.3, 0.4) is 0 Å². The SMILES string of the molecule is CC(C)CCCC1(CNC2CC2)CCCc2ccccc21. The Morgan fingerprint density at radius 2 is 2.05 bits per heavy atom. The maximum Gasteiger partial charge on any atom is 0.00807 e. The predicted octanol–water partition coefficient (Wildman–Crippen LogP) is 4.84. The van der Waals surface area contributed by atoms with E-state index in [1.54, 1.807) is 11.1 Å². The second-order valence-corrected chi connectivity index (χ2v) is 7.73. The van der Waals surface area contributed by atoms with Crippen LogP contribution in [0.4, 0.5) is 0 Å². The molecule has 21 heavy (non-hydrogen) atoms. The molecule has 1 N–H and O–H groups in total. The van der Waals surface area contributed by atoms with Gasteiger partial charge in [-0.3, -0.25) is 0 Å². The van der Waals surface area contributed by atoms with E-state index in [-0.39, 0.29) is 0 Å². The van der Waals surface area contributed by atoms with Crippen molar-refractivity contribution in [2.45, 2.75) is 76.7 Å². The normalized spacial score (nSPS) is 25.1. The number of hydrogen-bond donors (Lipinski definition) is 1. The number of benzene rings is 1. The summed E-state index contributed by atoms with van der Waals surface area (Å²) in [6.07, 6.45) is 10.9. The van der Waals surface area contributed by atoms with Crippen LogP contribution in [0.15, 0.2) is 24.3 Å². The molecule has 2 aliphatic rings. The predicted molar refractivity (Wildman–Crippen MR) is 90.8 cm³/mol. The maximum absolute atomic E-state index is 3.85. The first kappa shape index (κ1) is 15.1. The van der Waals surface area contributed by atoms with Crippen molar-refractivity contribution in [3.05, 3.63) is 35.4 Å². The summed E-state index contributed by atoms with van der Waals surface area (Å²) >= 11 is 0. The Labute approximate surface area is 130 Å². The highest BCUT2D eigenvalue weighted by Gasteiger charge is 2.37. The van der Waals surface area contributed by atoms with Gasteiger partial charge in [0.25, 0.3) is 0 Å². The fraction of sp³-hybridized carbons (Fsp3) is 0.700. The smallest absolute Gasteiger partial charge is 0.00807 e. The summed E-state index contributed by atoms with van der Waals surface area (Å²) in [6, 6.07) is 10.1. The average molecular weight is 285 g/mol. The molecule has 0 aromatic heterocycles. The zero-order valence-electron chi connectivity index (χ0n) is 13.8. The van der Waals surface area contributed by atoms with Crippen molar-refractivity contribution in [3.8, 4) is 0 Å². The highest BCUT2D eigenvalue weighted by molar-refractivity contribution is 5.37. The lowest BCUT2D eigenvalue weighted by Gasteiger charge is -2.40. The molecule has 1 aromatic carbocycles. The third-order valence-electron chi connectivity index (χ3n) is 5.43. The van der Waals surface area contributed by atoms with Gasteiger partial charge >= 0.3 is 0 Å². The van der Waals surface area contributed by atoms with Gasteiger partial charge in [0.1, 0.15) is 0 Å². The van der Waals surface area contributed by atoms with E-state index in [2.05, 4.69) is 43.4 Å². The third-order valence-corrected chi connectivity index (χ3v) is 5.43. The van der Waals surface area contributed by atoms with Crippen LogP contribution in [0.5, 0.6) is 0 Å². The summed E-state index contributed by atoms with van der Waals surface area (Å²) in [7, 11) is 0. The highest BCUT2D eigenvalue weighted by Crippen LogP contribution is 2.41. The molecule has 0 bridgehead atoms. The molecule has 1 unspecified atom stereocenters. The average Bonchev–Trinajstić information content (AvgIpc) is 3.29. The van der Waals surface area contributed by atoms with E-state index in [0.29, 0.717) is 5.41 Å². The van der Waals surface area contributed by atoms with Crippen molar-refractivity contribution in [1.82, 2.24) is 5.32 Å². The molecule has 0 radical (unpaired) electrons. The number of hydrogen-bond acceptors (Lipinski definition) is 1. The molecule has 3 rings (SSSR count). The van der Waals surface area contributed by atoms with E-state index in [0.717, 1.165) is 12.0 Å². The quantitative estimate of drug-likeness (QED) is 0.756. The standard InChI is InChI=1S/C20H31N/c1-16(2)7-5-13-20(15-21-18-11-12-18)14-6-9-17-8-3-4-10-19(17)20/h3-4,8,10,16,18,21H,5-7,9,11-15H2,1-2H3. The van der Waals surface area contributed by atoms with Crippen molar-refractivity contribution >= 4 is 0 Å². The minimum Gasteiger partial charge on any atom is -0.313 e. The fourth-order valence-electron chi connectivity index (χ4n) is 4.02. The second-order valence-electron chi connectivity index (χ2n) is 7.73. The van der Waals surface area contributed by atoms with Gasteiger partial charge in [0, 0.05) is 18.0 Å². The van der Waals surface area contributed by atoms with Crippen molar-refractivity contribution in [1.29, 1.82) is 0 Å². The number of rotatable bonds is 7. The number of nitrogens with one attached hydrogen (secondary N) is 1. The molecule has 1 saturated carbocycles. The van der Waals surface area contributed by atoms with Gasteiger partial charge in [-0.25, -0.2) is 0 Å². The van der Waals surface area contributed by atoms with Crippen molar-refractivity contribution in [2.75, 3.05) is 6.54 Å². The minimum absolute atomic E-state index is 0.409. The Hall–Kier alpha value is -0.820. The summed E-state index contributed by atoms with van der Waals surface area (Å²) in [6.45, 7) is 5.90. The van der Waals surface area contributed by atoms with Crippen LogP contribution in [0, 0.1) is 5.92 Å². The molecule has 1 atom stereocenters. The van der Waals surface area contributed by atoms with E-state index in [1.807, 2.05) is 0 Å². The van der Waals surface area contributed by atoms with Crippen LogP contribution in [0.25, 0.3) is 0 Å². The topological polar surface area (TPSA) is 12.0 Å². The van der Waals surface area contributed by atoms with E-state index in [1.165, 1.54) is 57.9 Å². The molecule has 116 valence electrons. The molecular formula is C20H31N. The van der Waals surface area contributed by atoms with Crippen molar-refractivity contribution < 1.29 is 0 Å². The Morgan fingerprint density at radius 3 is 2.81 bits per heavy atom. The Kier molecular flexibility index (Phi) is 4.69. The van der Waals surface area contributed by atoms with E-state index in [9.17, 15) is 0 Å². The van der Waals surface area contributed by atoms with Crippen molar-refractivity contribution in [3.63, 3.8) is 0 Å². The molecule has 0 aliphatic heterocycles. The lowest BCUT2D eigenvalue weighted by Crippen LogP contribution is -2.41. The minimum atomic E-state index is 0.409. The molecule has 0 saturated heterocycles. The van der Waals surface area contributed by atoms with Crippen LogP contribution >= 0.6 is 0 Å². The molecule has 1 fully saturated rings. The van der Waals surface area contributed by atoms with Crippen LogP contribution in [-0.2, 0) is 11.8 Å². The monoisotopic (exact) mass is 285 g/mol. The van der Waals surface area contributed by atoms with E-state index in [4.69, 9.17) is 0 Å².